The highest BCUT2D eigenvalue weighted by Crippen LogP contribution is 2.41. The molecule has 5 heteroatoms. The van der Waals surface area contributed by atoms with E-state index in [-0.39, 0.29) is 5.41 Å². The second-order valence-electron chi connectivity index (χ2n) is 7.55. The van der Waals surface area contributed by atoms with Gasteiger partial charge in [-0.05, 0) is 41.7 Å². The van der Waals surface area contributed by atoms with Gasteiger partial charge >= 0.3 is 5.97 Å². The topological polar surface area (TPSA) is 55.8 Å². The van der Waals surface area contributed by atoms with Crippen LogP contribution in [0.15, 0.2) is 36.4 Å². The third-order valence-corrected chi connectivity index (χ3v) is 5.56. The molecule has 136 valence electrons. The molecule has 0 radical (unpaired) electrons. The molecule has 0 aromatic heterocycles. The van der Waals surface area contributed by atoms with Gasteiger partial charge in [-0.25, -0.2) is 0 Å². The van der Waals surface area contributed by atoms with Crippen LogP contribution in [0.1, 0.15) is 30.4 Å². The Labute approximate surface area is 157 Å². The molecule has 0 amide bonds. The number of carboxylic acids is 1. The van der Waals surface area contributed by atoms with Crippen LogP contribution < -0.4 is 4.74 Å². The Hall–Kier alpha value is -2.04. The predicted octanol–water partition coefficient (Wildman–Crippen LogP) is 4.54. The average Bonchev–Trinajstić information content (AvgIpc) is 3.02. The smallest absolute Gasteiger partial charge is 0.310 e. The highest BCUT2D eigenvalue weighted by molar-refractivity contribution is 6.32. The van der Waals surface area contributed by atoms with Crippen LogP contribution in [0.4, 0.5) is 0 Å². The number of aliphatic carboxylic acids is 1. The van der Waals surface area contributed by atoms with Gasteiger partial charge in [0.25, 0.3) is 0 Å². The second-order valence-corrected chi connectivity index (χ2v) is 7.96. The Morgan fingerprint density at radius 3 is 2.85 bits per heavy atom. The van der Waals surface area contributed by atoms with Crippen LogP contribution in [0.5, 0.6) is 5.75 Å². The molecule has 0 bridgehead atoms. The van der Waals surface area contributed by atoms with Crippen molar-refractivity contribution in [2.24, 2.45) is 5.41 Å². The number of para-hydroxylation sites is 1. The largest absolute Gasteiger partial charge is 0.491 e. The van der Waals surface area contributed by atoms with Crippen molar-refractivity contribution in [2.45, 2.75) is 25.7 Å². The summed E-state index contributed by atoms with van der Waals surface area (Å²) in [5.74, 6) is -0.548. The molecule has 1 N–H and O–H groups in total. The third kappa shape index (κ3) is 3.08. The Morgan fingerprint density at radius 1 is 1.35 bits per heavy atom. The molecular weight excluding hydrogens is 352 g/mol. The van der Waals surface area contributed by atoms with Gasteiger partial charge in [0, 0.05) is 11.0 Å². The Kier molecular flexibility index (Phi) is 4.41. The molecule has 1 atom stereocenters. The second kappa shape index (κ2) is 6.60. The van der Waals surface area contributed by atoms with Crippen LogP contribution in [0.3, 0.4) is 0 Å². The van der Waals surface area contributed by atoms with Crippen molar-refractivity contribution >= 4 is 17.6 Å². The van der Waals surface area contributed by atoms with Gasteiger partial charge in [0.1, 0.15) is 5.75 Å². The van der Waals surface area contributed by atoms with Crippen LogP contribution in [0, 0.1) is 5.41 Å². The van der Waals surface area contributed by atoms with Gasteiger partial charge in [0.05, 0.1) is 30.8 Å². The van der Waals surface area contributed by atoms with Crippen LogP contribution in [0.2, 0.25) is 5.02 Å². The van der Waals surface area contributed by atoms with Gasteiger partial charge in [-0.15, -0.1) is 0 Å². The van der Waals surface area contributed by atoms with Crippen LogP contribution in [-0.2, 0) is 16.0 Å². The van der Waals surface area contributed by atoms with Crippen LogP contribution >= 0.6 is 11.6 Å². The number of ether oxygens (including phenoxy) is 2. The molecule has 2 aliphatic rings. The number of carbonyl (C=O) groups is 1. The lowest BCUT2D eigenvalue weighted by Crippen LogP contribution is -2.44. The summed E-state index contributed by atoms with van der Waals surface area (Å²) in [6.07, 6.45) is 1.47. The monoisotopic (exact) mass is 372 g/mol. The van der Waals surface area contributed by atoms with Crippen molar-refractivity contribution < 1.29 is 19.4 Å². The van der Waals surface area contributed by atoms with Crippen molar-refractivity contribution in [3.8, 4) is 16.9 Å². The molecule has 1 fully saturated rings. The zero-order valence-electron chi connectivity index (χ0n) is 14.6. The summed E-state index contributed by atoms with van der Waals surface area (Å²) >= 11 is 6.42. The van der Waals surface area contributed by atoms with E-state index in [9.17, 15) is 9.90 Å². The van der Waals surface area contributed by atoms with Crippen molar-refractivity contribution in [3.05, 3.63) is 52.5 Å². The summed E-state index contributed by atoms with van der Waals surface area (Å²) in [4.78, 5) is 11.5. The maximum atomic E-state index is 11.5. The lowest BCUT2D eigenvalue weighted by Gasteiger charge is -2.37. The zero-order valence-corrected chi connectivity index (χ0v) is 15.4. The van der Waals surface area contributed by atoms with E-state index in [2.05, 4.69) is 6.92 Å². The first-order chi connectivity index (χ1) is 12.5. The van der Waals surface area contributed by atoms with E-state index in [0.717, 1.165) is 28.7 Å². The van der Waals surface area contributed by atoms with E-state index < -0.39 is 11.9 Å². The lowest BCUT2D eigenvalue weighted by atomic mass is 9.90. The molecule has 1 saturated heterocycles. The Balaban J connectivity index is 1.69. The van der Waals surface area contributed by atoms with Crippen molar-refractivity contribution in [3.63, 3.8) is 0 Å². The maximum Gasteiger partial charge on any atom is 0.310 e. The van der Waals surface area contributed by atoms with Gasteiger partial charge < -0.3 is 14.6 Å². The van der Waals surface area contributed by atoms with Crippen molar-refractivity contribution in [2.75, 3.05) is 19.8 Å². The normalized spacial score (nSPS) is 20.3. The summed E-state index contributed by atoms with van der Waals surface area (Å²) < 4.78 is 11.4. The molecule has 4 nitrogen and oxygen atoms in total. The first-order valence-electron chi connectivity index (χ1n) is 8.82. The highest BCUT2D eigenvalue weighted by atomic mass is 35.5. The standard InChI is InChI=1S/C21H21ClO4/c1-21(10-25-11-21)12-26-19-15(3-2-4-18(19)22)14-6-5-13-7-8-16(20(23)24)17(13)9-14/h2-6,9,16H,7-8,10-12H2,1H3,(H,23,24). The molecule has 0 saturated carbocycles. The molecule has 1 heterocycles. The Bertz CT molecular complexity index is 857. The number of hydrogen-bond donors (Lipinski definition) is 1. The molecular formula is C21H21ClO4. The number of benzene rings is 2. The van der Waals surface area contributed by atoms with Crippen LogP contribution in [-0.4, -0.2) is 30.9 Å². The molecule has 2 aromatic carbocycles. The molecule has 1 unspecified atom stereocenters. The third-order valence-electron chi connectivity index (χ3n) is 5.27. The summed E-state index contributed by atoms with van der Waals surface area (Å²) in [5.41, 5.74) is 3.86. The molecule has 0 spiro atoms. The van der Waals surface area contributed by atoms with Gasteiger partial charge in [-0.1, -0.05) is 42.8 Å². The zero-order chi connectivity index (χ0) is 18.3. The predicted molar refractivity (Wildman–Crippen MR) is 100 cm³/mol. The fourth-order valence-electron chi connectivity index (χ4n) is 3.69. The van der Waals surface area contributed by atoms with Crippen LogP contribution in [0.25, 0.3) is 11.1 Å². The summed E-state index contributed by atoms with van der Waals surface area (Å²) in [7, 11) is 0. The fourth-order valence-corrected chi connectivity index (χ4v) is 3.92. The van der Waals surface area contributed by atoms with Crippen molar-refractivity contribution in [1.82, 2.24) is 0 Å². The number of carboxylic acid groups (broad SMARTS) is 1. The minimum Gasteiger partial charge on any atom is -0.491 e. The first kappa shape index (κ1) is 17.4. The van der Waals surface area contributed by atoms with E-state index in [1.165, 1.54) is 0 Å². The SMILES string of the molecule is CC1(COc2c(Cl)cccc2-c2ccc3c(c2)C(C(=O)O)CC3)COC1. The number of halogens is 1. The highest BCUT2D eigenvalue weighted by Gasteiger charge is 2.35. The minimum atomic E-state index is -0.763. The number of aryl methyl sites for hydroxylation is 1. The first-order valence-corrected chi connectivity index (χ1v) is 9.20. The summed E-state index contributed by atoms with van der Waals surface area (Å²) in [6, 6.07) is 11.7. The fraction of sp³-hybridized carbons (Fsp3) is 0.381. The van der Waals surface area contributed by atoms with Gasteiger partial charge in [0.2, 0.25) is 0 Å². The minimum absolute atomic E-state index is 0.0166. The van der Waals surface area contributed by atoms with Gasteiger partial charge in [0.15, 0.2) is 0 Å². The number of rotatable bonds is 5. The van der Waals surface area contributed by atoms with E-state index in [1.54, 1.807) is 0 Å². The molecule has 1 aliphatic carbocycles. The molecule has 4 rings (SSSR count). The van der Waals surface area contributed by atoms with E-state index in [4.69, 9.17) is 21.1 Å². The molecule has 26 heavy (non-hydrogen) atoms. The van der Waals surface area contributed by atoms with E-state index in [1.807, 2.05) is 36.4 Å². The van der Waals surface area contributed by atoms with E-state index >= 15 is 0 Å². The summed E-state index contributed by atoms with van der Waals surface area (Å²) in [6.45, 7) is 4.03. The van der Waals surface area contributed by atoms with Gasteiger partial charge in [-0.3, -0.25) is 4.79 Å². The lowest BCUT2D eigenvalue weighted by molar-refractivity contribution is -0.138. The number of fused-ring (bicyclic) bond motifs is 1. The quantitative estimate of drug-likeness (QED) is 0.837. The van der Waals surface area contributed by atoms with Crippen molar-refractivity contribution in [1.29, 1.82) is 0 Å². The van der Waals surface area contributed by atoms with Gasteiger partial charge in [-0.2, -0.15) is 0 Å². The maximum absolute atomic E-state index is 11.5. The molecule has 1 aliphatic heterocycles. The summed E-state index contributed by atoms with van der Waals surface area (Å²) in [5, 5.41) is 10.0. The van der Waals surface area contributed by atoms with E-state index in [0.29, 0.717) is 37.0 Å². The average molecular weight is 373 g/mol. The Morgan fingerprint density at radius 2 is 2.15 bits per heavy atom. The number of hydrogen-bond acceptors (Lipinski definition) is 3. The molecule has 2 aromatic rings.